The van der Waals surface area contributed by atoms with Gasteiger partial charge in [-0.05, 0) is 29.8 Å². The zero-order chi connectivity index (χ0) is 20.1. The number of thiazole rings is 1. The predicted molar refractivity (Wildman–Crippen MR) is 108 cm³/mol. The number of halogens is 1. The Morgan fingerprint density at radius 1 is 1.25 bits per heavy atom. The maximum Gasteiger partial charge on any atom is 0.305 e. The van der Waals surface area contributed by atoms with E-state index in [-0.39, 0.29) is 12.1 Å². The molecule has 0 aliphatic heterocycles. The zero-order valence-electron chi connectivity index (χ0n) is 14.9. The molecule has 3 aromatic rings. The van der Waals surface area contributed by atoms with Crippen LogP contribution in [0.15, 0.2) is 53.9 Å². The minimum Gasteiger partial charge on any atom is -0.497 e. The Labute approximate surface area is 170 Å². The minimum absolute atomic E-state index is 0.230. The number of nitrogens with zero attached hydrogens (tertiary/aromatic N) is 1. The van der Waals surface area contributed by atoms with Crippen molar-refractivity contribution in [2.24, 2.45) is 0 Å². The molecule has 2 N–H and O–H groups in total. The molecular weight excluding hydrogens is 400 g/mol. The smallest absolute Gasteiger partial charge is 0.305 e. The maximum absolute atomic E-state index is 12.7. The zero-order valence-corrected chi connectivity index (χ0v) is 16.5. The quantitative estimate of drug-likeness (QED) is 0.595. The molecule has 1 aromatic heterocycles. The van der Waals surface area contributed by atoms with Gasteiger partial charge in [-0.2, -0.15) is 0 Å². The first kappa shape index (κ1) is 19.9. The first-order valence-corrected chi connectivity index (χ1v) is 9.60. The second-order valence-electron chi connectivity index (χ2n) is 5.95. The van der Waals surface area contributed by atoms with E-state index in [0.29, 0.717) is 21.3 Å². The molecule has 2 aromatic carbocycles. The largest absolute Gasteiger partial charge is 0.497 e. The van der Waals surface area contributed by atoms with E-state index in [0.717, 1.165) is 5.56 Å². The molecule has 0 radical (unpaired) electrons. The standard InChI is InChI=1S/C20H17ClN2O4S/c1-27-15-4-2-3-13(9-15)16(10-18(24)25)22-19(26)17-11-28-20(23-17)12-5-7-14(21)8-6-12/h2-9,11,16H,10H2,1H3,(H,22,26)(H,24,25). The van der Waals surface area contributed by atoms with E-state index in [1.165, 1.54) is 18.4 Å². The number of nitrogens with one attached hydrogen (secondary N) is 1. The molecule has 144 valence electrons. The molecule has 0 aliphatic carbocycles. The Hall–Kier alpha value is -2.90. The highest BCUT2D eigenvalue weighted by Gasteiger charge is 2.21. The van der Waals surface area contributed by atoms with Gasteiger partial charge in [0.15, 0.2) is 0 Å². The average Bonchev–Trinajstić information content (AvgIpc) is 3.18. The highest BCUT2D eigenvalue weighted by molar-refractivity contribution is 7.13. The molecule has 0 fully saturated rings. The summed E-state index contributed by atoms with van der Waals surface area (Å²) in [7, 11) is 1.53. The van der Waals surface area contributed by atoms with Gasteiger partial charge in [0.05, 0.1) is 19.6 Å². The van der Waals surface area contributed by atoms with Crippen molar-refractivity contribution < 1.29 is 19.4 Å². The third kappa shape index (κ3) is 4.88. The number of carbonyl (C=O) groups excluding carboxylic acids is 1. The summed E-state index contributed by atoms with van der Waals surface area (Å²) in [6, 6.07) is 13.4. The van der Waals surface area contributed by atoms with Gasteiger partial charge in [-0.25, -0.2) is 4.98 Å². The fourth-order valence-electron chi connectivity index (χ4n) is 2.62. The van der Waals surface area contributed by atoms with Crippen LogP contribution in [0.4, 0.5) is 0 Å². The molecule has 6 nitrogen and oxygen atoms in total. The SMILES string of the molecule is COc1cccc(C(CC(=O)O)NC(=O)c2csc(-c3ccc(Cl)cc3)n2)c1. The summed E-state index contributed by atoms with van der Waals surface area (Å²) in [6.45, 7) is 0. The van der Waals surface area contributed by atoms with Crippen LogP contribution in [0.1, 0.15) is 28.5 Å². The Morgan fingerprint density at radius 2 is 2.00 bits per heavy atom. The van der Waals surface area contributed by atoms with E-state index in [9.17, 15) is 14.7 Å². The number of hydrogen-bond donors (Lipinski definition) is 2. The van der Waals surface area contributed by atoms with Crippen LogP contribution in [-0.4, -0.2) is 29.1 Å². The van der Waals surface area contributed by atoms with Gasteiger partial charge in [-0.15, -0.1) is 11.3 Å². The van der Waals surface area contributed by atoms with Gasteiger partial charge >= 0.3 is 5.97 Å². The van der Waals surface area contributed by atoms with Crippen molar-refractivity contribution in [1.82, 2.24) is 10.3 Å². The Kier molecular flexibility index (Phi) is 6.28. The molecule has 1 unspecified atom stereocenters. The number of methoxy groups -OCH3 is 1. The molecule has 1 atom stereocenters. The van der Waals surface area contributed by atoms with Gasteiger partial charge in [0.2, 0.25) is 0 Å². The Balaban J connectivity index is 1.80. The van der Waals surface area contributed by atoms with E-state index in [1.54, 1.807) is 41.8 Å². The molecule has 0 aliphatic rings. The van der Waals surface area contributed by atoms with Crippen molar-refractivity contribution in [2.45, 2.75) is 12.5 Å². The van der Waals surface area contributed by atoms with Crippen molar-refractivity contribution in [2.75, 3.05) is 7.11 Å². The van der Waals surface area contributed by atoms with E-state index in [2.05, 4.69) is 10.3 Å². The van der Waals surface area contributed by atoms with Gasteiger partial charge in [0.25, 0.3) is 5.91 Å². The monoisotopic (exact) mass is 416 g/mol. The van der Waals surface area contributed by atoms with Gasteiger partial charge in [-0.1, -0.05) is 35.9 Å². The van der Waals surface area contributed by atoms with Crippen LogP contribution in [-0.2, 0) is 4.79 Å². The highest BCUT2D eigenvalue weighted by Crippen LogP contribution is 2.26. The topological polar surface area (TPSA) is 88.5 Å². The predicted octanol–water partition coefficient (Wildman–Crippen LogP) is 4.42. The molecule has 0 spiro atoms. The lowest BCUT2D eigenvalue weighted by Gasteiger charge is -2.17. The van der Waals surface area contributed by atoms with E-state index in [1.807, 2.05) is 12.1 Å². The van der Waals surface area contributed by atoms with Crippen LogP contribution in [0.25, 0.3) is 10.6 Å². The van der Waals surface area contributed by atoms with Crippen LogP contribution >= 0.6 is 22.9 Å². The number of carbonyl (C=O) groups is 2. The van der Waals surface area contributed by atoms with E-state index >= 15 is 0 Å². The molecule has 1 heterocycles. The third-order valence-electron chi connectivity index (χ3n) is 4.01. The van der Waals surface area contributed by atoms with Crippen molar-refractivity contribution in [3.63, 3.8) is 0 Å². The third-order valence-corrected chi connectivity index (χ3v) is 5.15. The van der Waals surface area contributed by atoms with Crippen molar-refractivity contribution in [3.8, 4) is 16.3 Å². The van der Waals surface area contributed by atoms with Crippen molar-refractivity contribution in [1.29, 1.82) is 0 Å². The number of aliphatic carboxylic acids is 1. The van der Waals surface area contributed by atoms with Gasteiger partial charge in [0.1, 0.15) is 16.5 Å². The Morgan fingerprint density at radius 3 is 2.68 bits per heavy atom. The summed E-state index contributed by atoms with van der Waals surface area (Å²) >= 11 is 7.22. The van der Waals surface area contributed by atoms with Crippen LogP contribution in [0.2, 0.25) is 5.02 Å². The molecular formula is C20H17ClN2O4S. The minimum atomic E-state index is -1.02. The number of rotatable bonds is 7. The second-order valence-corrected chi connectivity index (χ2v) is 7.24. The molecule has 28 heavy (non-hydrogen) atoms. The number of ether oxygens (including phenoxy) is 1. The highest BCUT2D eigenvalue weighted by atomic mass is 35.5. The molecule has 3 rings (SSSR count). The van der Waals surface area contributed by atoms with Crippen molar-refractivity contribution >= 4 is 34.8 Å². The lowest BCUT2D eigenvalue weighted by molar-refractivity contribution is -0.137. The van der Waals surface area contributed by atoms with Gasteiger partial charge in [0, 0.05) is 16.0 Å². The number of hydrogen-bond acceptors (Lipinski definition) is 5. The fourth-order valence-corrected chi connectivity index (χ4v) is 3.55. The van der Waals surface area contributed by atoms with Crippen LogP contribution in [0.3, 0.4) is 0 Å². The molecule has 0 bridgehead atoms. The Bertz CT molecular complexity index is 988. The molecule has 8 heteroatoms. The summed E-state index contributed by atoms with van der Waals surface area (Å²) in [5.41, 5.74) is 1.72. The molecule has 0 saturated heterocycles. The lowest BCUT2D eigenvalue weighted by Crippen LogP contribution is -2.30. The van der Waals surface area contributed by atoms with E-state index < -0.39 is 17.9 Å². The number of carboxylic acid groups (broad SMARTS) is 1. The van der Waals surface area contributed by atoms with Gasteiger partial charge < -0.3 is 15.2 Å². The number of carboxylic acids is 1. The maximum atomic E-state index is 12.7. The van der Waals surface area contributed by atoms with E-state index in [4.69, 9.17) is 16.3 Å². The summed E-state index contributed by atoms with van der Waals surface area (Å²) < 4.78 is 5.18. The lowest BCUT2D eigenvalue weighted by atomic mass is 10.0. The summed E-state index contributed by atoms with van der Waals surface area (Å²) in [4.78, 5) is 28.3. The fraction of sp³-hybridized carbons (Fsp3) is 0.150. The second kappa shape index (κ2) is 8.86. The number of aromatic nitrogens is 1. The summed E-state index contributed by atoms with van der Waals surface area (Å²) in [5, 5.41) is 14.9. The van der Waals surface area contributed by atoms with Crippen molar-refractivity contribution in [3.05, 3.63) is 70.2 Å². The average molecular weight is 417 g/mol. The van der Waals surface area contributed by atoms with Gasteiger partial charge in [-0.3, -0.25) is 9.59 Å². The number of amides is 1. The van der Waals surface area contributed by atoms with Crippen LogP contribution in [0.5, 0.6) is 5.75 Å². The summed E-state index contributed by atoms with van der Waals surface area (Å²) in [5.74, 6) is -0.875. The molecule has 0 saturated carbocycles. The van der Waals surface area contributed by atoms with Crippen LogP contribution < -0.4 is 10.1 Å². The van der Waals surface area contributed by atoms with Crippen LogP contribution in [0, 0.1) is 0 Å². The number of benzene rings is 2. The first-order valence-electron chi connectivity index (χ1n) is 8.34. The molecule has 1 amide bonds. The first-order chi connectivity index (χ1) is 13.5. The summed E-state index contributed by atoms with van der Waals surface area (Å²) in [6.07, 6.45) is -0.257. The normalized spacial score (nSPS) is 11.6.